The van der Waals surface area contributed by atoms with Crippen LogP contribution >= 0.6 is 0 Å². The molecule has 14 atom stereocenters. The summed E-state index contributed by atoms with van der Waals surface area (Å²) in [6.45, 7) is 19.7. The van der Waals surface area contributed by atoms with Gasteiger partial charge in [-0.3, -0.25) is 24.0 Å². The molecule has 1 heterocycles. The first-order valence-corrected chi connectivity index (χ1v) is 27.3. The van der Waals surface area contributed by atoms with Crippen LogP contribution < -0.4 is 0 Å². The van der Waals surface area contributed by atoms with E-state index in [4.69, 9.17) is 28.4 Å². The summed E-state index contributed by atoms with van der Waals surface area (Å²) in [7, 11) is 0. The minimum atomic E-state index is -1.30. The minimum Gasteiger partial charge on any atom is -0.463 e. The molecule has 0 bridgehead atoms. The maximum Gasteiger partial charge on any atom is 0.305 e. The Morgan fingerprint density at radius 3 is 1.90 bits per heavy atom. The lowest BCUT2D eigenvalue weighted by Gasteiger charge is -2.57. The van der Waals surface area contributed by atoms with Gasteiger partial charge in [-0.2, -0.15) is 0 Å². The molecule has 0 N–H and O–H groups in total. The van der Waals surface area contributed by atoms with E-state index >= 15 is 0 Å². The Labute approximate surface area is 410 Å². The van der Waals surface area contributed by atoms with Crippen LogP contribution in [-0.4, -0.2) is 73.1 Å². The highest BCUT2D eigenvalue weighted by Crippen LogP contribution is 2.66. The van der Waals surface area contributed by atoms with Crippen molar-refractivity contribution in [1.29, 1.82) is 0 Å². The van der Waals surface area contributed by atoms with Crippen molar-refractivity contribution in [3.63, 3.8) is 0 Å². The Morgan fingerprint density at radius 1 is 0.721 bits per heavy atom. The van der Waals surface area contributed by atoms with Gasteiger partial charge in [-0.1, -0.05) is 143 Å². The van der Waals surface area contributed by atoms with E-state index in [9.17, 15) is 24.0 Å². The highest BCUT2D eigenvalue weighted by atomic mass is 16.7. The molecule has 11 nitrogen and oxygen atoms in total. The number of carbonyl (C=O) groups is 5. The summed E-state index contributed by atoms with van der Waals surface area (Å²) in [5.41, 5.74) is 1.04. The summed E-state index contributed by atoms with van der Waals surface area (Å²) < 4.78 is 36.1. The maximum absolute atomic E-state index is 14.5. The van der Waals surface area contributed by atoms with Gasteiger partial charge < -0.3 is 28.4 Å². The van der Waals surface area contributed by atoms with Gasteiger partial charge in [-0.25, -0.2) is 0 Å². The summed E-state index contributed by atoms with van der Waals surface area (Å²) in [5, 5.41) is 0. The molecule has 5 rings (SSSR count). The van der Waals surface area contributed by atoms with E-state index in [2.05, 4.69) is 60.6 Å². The van der Waals surface area contributed by atoms with Gasteiger partial charge in [0.2, 0.25) is 0 Å². The van der Waals surface area contributed by atoms with Gasteiger partial charge in [-0.05, 0) is 110 Å². The number of allylic oxidation sites excluding steroid dienone is 3. The van der Waals surface area contributed by atoms with E-state index in [0.29, 0.717) is 48.9 Å². The number of carbonyl (C=O) groups excluding carboxylic acids is 5. The van der Waals surface area contributed by atoms with Gasteiger partial charge in [0.15, 0.2) is 30.4 Å². The summed E-state index contributed by atoms with van der Waals surface area (Å²) >= 11 is 0. The molecule has 3 saturated carbocycles. The van der Waals surface area contributed by atoms with Crippen LogP contribution in [0.2, 0.25) is 0 Å². The van der Waals surface area contributed by atoms with Crippen molar-refractivity contribution in [3.8, 4) is 0 Å². The third-order valence-electron chi connectivity index (χ3n) is 17.3. The third kappa shape index (κ3) is 14.5. The zero-order chi connectivity index (χ0) is 49.6. The monoisotopic (exact) mass is 953 g/mol. The molecule has 0 spiro atoms. The molecule has 0 unspecified atom stereocenters. The topological polar surface area (TPSA) is 141 Å². The molecule has 386 valence electrons. The molecular weight excluding hydrogens is 861 g/mol. The van der Waals surface area contributed by atoms with E-state index in [1.165, 1.54) is 78.6 Å². The van der Waals surface area contributed by atoms with Gasteiger partial charge in [0.25, 0.3) is 0 Å². The van der Waals surface area contributed by atoms with Crippen LogP contribution in [0, 0.1) is 52.3 Å². The standard InChI is InChI=1S/C57H92O11/c1-11-13-14-15-16-17-18-19-20-21-22-23-24-25-50(62)63-36-49-52(64-39(6)58)53(65-40(7)59)54(66-41(8)60)55(68-49)67-44-30-32-56(9)43(34-44)35-48(61)51-46-29-28-45(57(46,10)33-31-47(51)56)38(5)26-27-42(12-2)37(3)4/h26-27,35,37-38,42,44-47,49,51-55H,11-25,28-34,36H2,1-10H3/b27-26+/t38-,42-,44+,45-,46+,47+,49-,51+,52-,53+,54-,55-,56+,57-/m1/s1. The number of fused-ring (bicyclic) bond motifs is 5. The highest BCUT2D eigenvalue weighted by molar-refractivity contribution is 5.94. The zero-order valence-electron chi connectivity index (χ0n) is 44.0. The van der Waals surface area contributed by atoms with Crippen molar-refractivity contribution >= 4 is 29.7 Å². The van der Waals surface area contributed by atoms with Crippen molar-refractivity contribution in [2.24, 2.45) is 52.3 Å². The smallest absolute Gasteiger partial charge is 0.305 e. The predicted octanol–water partition coefficient (Wildman–Crippen LogP) is 12.5. The van der Waals surface area contributed by atoms with Crippen LogP contribution in [0.1, 0.15) is 210 Å². The fourth-order valence-electron chi connectivity index (χ4n) is 13.5. The largest absolute Gasteiger partial charge is 0.463 e. The molecule has 11 heteroatoms. The van der Waals surface area contributed by atoms with E-state index in [0.717, 1.165) is 63.4 Å². The zero-order valence-corrected chi connectivity index (χ0v) is 44.0. The predicted molar refractivity (Wildman–Crippen MR) is 264 cm³/mol. The first kappa shape index (κ1) is 55.9. The van der Waals surface area contributed by atoms with Crippen LogP contribution in [0.15, 0.2) is 23.8 Å². The number of hydrogen-bond donors (Lipinski definition) is 0. The van der Waals surface area contributed by atoms with Gasteiger partial charge in [-0.15, -0.1) is 0 Å². The Kier molecular flexibility index (Phi) is 21.7. The van der Waals surface area contributed by atoms with Crippen molar-refractivity contribution in [3.05, 3.63) is 23.8 Å². The molecular formula is C57H92O11. The summed E-state index contributed by atoms with van der Waals surface area (Å²) in [4.78, 5) is 65.3. The van der Waals surface area contributed by atoms with E-state index in [1.807, 2.05) is 6.08 Å². The molecule has 0 aromatic carbocycles. The van der Waals surface area contributed by atoms with E-state index in [1.54, 1.807) is 0 Å². The molecule has 5 aliphatic rings. The van der Waals surface area contributed by atoms with Crippen LogP contribution in [0.4, 0.5) is 0 Å². The summed E-state index contributed by atoms with van der Waals surface area (Å²) in [5.74, 6) is 0.637. The van der Waals surface area contributed by atoms with Crippen molar-refractivity contribution in [2.45, 2.75) is 247 Å². The second kappa shape index (κ2) is 26.4. The van der Waals surface area contributed by atoms with E-state index < -0.39 is 60.7 Å². The third-order valence-corrected chi connectivity index (χ3v) is 17.3. The van der Waals surface area contributed by atoms with Crippen molar-refractivity contribution in [1.82, 2.24) is 0 Å². The highest BCUT2D eigenvalue weighted by Gasteiger charge is 2.62. The molecule has 68 heavy (non-hydrogen) atoms. The molecule has 0 aromatic heterocycles. The van der Waals surface area contributed by atoms with Crippen molar-refractivity contribution in [2.75, 3.05) is 6.61 Å². The number of ether oxygens (including phenoxy) is 6. The first-order valence-electron chi connectivity index (χ1n) is 27.3. The molecule has 4 fully saturated rings. The van der Waals surface area contributed by atoms with Gasteiger partial charge in [0.1, 0.15) is 12.7 Å². The van der Waals surface area contributed by atoms with Gasteiger partial charge in [0.05, 0.1) is 6.10 Å². The Hall–Kier alpha value is -3.05. The molecule has 0 aromatic rings. The number of unbranched alkanes of at least 4 members (excludes halogenated alkanes) is 12. The number of rotatable bonds is 26. The molecule has 1 saturated heterocycles. The van der Waals surface area contributed by atoms with E-state index in [-0.39, 0.29) is 41.5 Å². The average molecular weight is 953 g/mol. The van der Waals surface area contributed by atoms with Crippen molar-refractivity contribution < 1.29 is 52.4 Å². The van der Waals surface area contributed by atoms with Crippen LogP contribution in [0.3, 0.4) is 0 Å². The van der Waals surface area contributed by atoms with Gasteiger partial charge >= 0.3 is 23.9 Å². The Balaban J connectivity index is 1.22. The maximum atomic E-state index is 14.5. The lowest BCUT2D eigenvalue weighted by atomic mass is 9.46. The summed E-state index contributed by atoms with van der Waals surface area (Å²) in [6.07, 6.45) is 23.5. The fraction of sp³-hybridized carbons (Fsp3) is 0.842. The lowest BCUT2D eigenvalue weighted by Crippen LogP contribution is -2.63. The average Bonchev–Trinajstić information content (AvgIpc) is 3.63. The quantitative estimate of drug-likeness (QED) is 0.0354. The lowest BCUT2D eigenvalue weighted by molar-refractivity contribution is -0.318. The fourth-order valence-corrected chi connectivity index (χ4v) is 13.5. The number of esters is 4. The van der Waals surface area contributed by atoms with Gasteiger partial charge in [0, 0.05) is 33.1 Å². The molecule has 1 aliphatic heterocycles. The Morgan fingerprint density at radius 2 is 1.31 bits per heavy atom. The van der Waals surface area contributed by atoms with Crippen LogP contribution in [-0.2, 0) is 52.4 Å². The molecule has 0 amide bonds. The second-order valence-corrected chi connectivity index (χ2v) is 22.5. The summed E-state index contributed by atoms with van der Waals surface area (Å²) in [6, 6.07) is 0. The molecule has 4 aliphatic carbocycles. The Bertz CT molecular complexity index is 1720. The van der Waals surface area contributed by atoms with Crippen LogP contribution in [0.25, 0.3) is 0 Å². The van der Waals surface area contributed by atoms with Crippen LogP contribution in [0.5, 0.6) is 0 Å². The minimum absolute atomic E-state index is 0.00549. The SMILES string of the molecule is CCCCCCCCCCCCCCCC(=O)OC[C@H]1O[C@@H](O[C@H]2CC[C@@]3(C)C(=CC(=O)[C@H]4[C@@H]5CC[C@H]([C@H](C)/C=C/[C@@H](CC)C(C)C)[C@@]5(C)CC[C@@H]43)C2)[C@H](OC(C)=O)[C@@H](OC(C)=O)[C@@H]1OC(C)=O. The second-order valence-electron chi connectivity index (χ2n) is 22.5. The number of hydrogen-bond acceptors (Lipinski definition) is 11. The normalized spacial score (nSPS) is 33.2. The number of ketones is 1. The molecule has 0 radical (unpaired) electrons. The first-order chi connectivity index (χ1) is 32.4.